The fourth-order valence-electron chi connectivity index (χ4n) is 7.19. The lowest BCUT2D eigenvalue weighted by molar-refractivity contribution is 0.0726. The molecule has 10 nitrogen and oxygen atoms in total. The molecule has 2 aliphatic carbocycles. The number of hydrogen-bond acceptors (Lipinski definition) is 8. The van der Waals surface area contributed by atoms with E-state index >= 15 is 0 Å². The van der Waals surface area contributed by atoms with Crippen LogP contribution in [0.15, 0.2) is 155 Å². The fraction of sp³-hybridized carbons (Fsp3) is 0. The molecule has 0 spiro atoms. The van der Waals surface area contributed by atoms with E-state index in [1.165, 1.54) is 48.5 Å². The highest BCUT2D eigenvalue weighted by atomic mass is 32.2. The van der Waals surface area contributed by atoms with Crippen LogP contribution in [0.1, 0.15) is 43.0 Å². The summed E-state index contributed by atoms with van der Waals surface area (Å²) in [4.78, 5) is 33.7. The van der Waals surface area contributed by atoms with Crippen LogP contribution < -0.4 is 9.47 Å². The van der Waals surface area contributed by atoms with Crippen molar-refractivity contribution >= 4 is 32.9 Å². The summed E-state index contributed by atoms with van der Waals surface area (Å²) in [5.74, 6) is -1.23. The van der Waals surface area contributed by atoms with E-state index in [2.05, 4.69) is 9.69 Å². The van der Waals surface area contributed by atoms with Gasteiger partial charge in [-0.05, 0) is 94.0 Å². The number of carbonyl (C=O) groups excluding carboxylic acids is 2. The summed E-state index contributed by atoms with van der Waals surface area (Å²) in [5, 5.41) is 19.3. The van der Waals surface area contributed by atoms with Gasteiger partial charge in [0.25, 0.3) is 11.4 Å². The van der Waals surface area contributed by atoms with Crippen LogP contribution in [0.5, 0.6) is 11.5 Å². The molecule has 0 unspecified atom stereocenters. The first-order valence-corrected chi connectivity index (χ1v) is 18.6. The van der Waals surface area contributed by atoms with E-state index in [9.17, 15) is 28.5 Å². The summed E-state index contributed by atoms with van der Waals surface area (Å²) < 4.78 is 38.5. The molecule has 0 aromatic heterocycles. The Labute approximate surface area is 326 Å². The van der Waals surface area contributed by atoms with Crippen LogP contribution in [0.4, 0.5) is 0 Å². The zero-order chi connectivity index (χ0) is 39.8. The minimum Gasteiger partial charge on any atom is -0.423 e. The van der Waals surface area contributed by atoms with Gasteiger partial charge >= 0.3 is 11.9 Å². The van der Waals surface area contributed by atoms with E-state index in [0.29, 0.717) is 55.7 Å². The Bertz CT molecular complexity index is 2860. The second-order valence-electron chi connectivity index (χ2n) is 12.7. The molecule has 0 amide bonds. The molecular weight excluding hydrogens is 737 g/mol. The molecule has 0 atom stereocenters. The average Bonchev–Trinajstić information content (AvgIpc) is 3.76. The Balaban J connectivity index is 1.01. The number of nitriles is 2. The number of benzene rings is 6. The molecule has 11 heteroatoms. The summed E-state index contributed by atoms with van der Waals surface area (Å²) in [6.07, 6.45) is 0. The molecule has 0 bridgehead atoms. The zero-order valence-corrected chi connectivity index (χ0v) is 30.2. The number of fused-ring (bicyclic) bond motifs is 6. The Morgan fingerprint density at radius 3 is 1.19 bits per heavy atom. The summed E-state index contributed by atoms with van der Waals surface area (Å²) in [5.41, 5.74) is 6.01. The Hall–Kier alpha value is -8.35. The highest BCUT2D eigenvalue weighted by Crippen LogP contribution is 2.49. The topological polar surface area (TPSA) is 143 Å². The lowest BCUT2D eigenvalue weighted by atomic mass is 9.99. The van der Waals surface area contributed by atoms with Gasteiger partial charge in [0.05, 0.1) is 46.2 Å². The summed E-state index contributed by atoms with van der Waals surface area (Å²) >= 11 is 0. The molecule has 2 aliphatic rings. The Kier molecular flexibility index (Phi) is 8.85. The standard InChI is InChI=1S/C46H22N4O6S/c1-49-39(25-47)43-33-11-5-3-9-31(33)41-35(43)13-7-15-37(41)45(51)55-27-17-21-29(22-18-27)57(53,54)30-23-19-28(20-24-30)56-46(52)38-16-8-14-36-42(38)32-10-4-6-12-34(32)44(36)40(26-48)50-2/h3-24H. The van der Waals surface area contributed by atoms with Gasteiger partial charge in [-0.15, -0.1) is 0 Å². The predicted octanol–water partition coefficient (Wildman–Crippen LogP) is 9.32. The van der Waals surface area contributed by atoms with E-state index in [1.54, 1.807) is 84.9 Å². The third-order valence-electron chi connectivity index (χ3n) is 9.64. The summed E-state index contributed by atoms with van der Waals surface area (Å²) in [7, 11) is -4.05. The monoisotopic (exact) mass is 758 g/mol. The smallest absolute Gasteiger partial charge is 0.344 e. The highest BCUT2D eigenvalue weighted by Gasteiger charge is 2.32. The number of allylic oxidation sites excluding steroid dienone is 2. The quantitative estimate of drug-likeness (QED) is 0.0707. The maximum atomic E-state index is 13.6. The number of esters is 2. The third kappa shape index (κ3) is 5.91. The number of nitrogens with zero attached hydrogens (tertiary/aromatic N) is 4. The molecule has 0 aliphatic heterocycles. The molecule has 6 aromatic carbocycles. The first-order valence-electron chi connectivity index (χ1n) is 17.1. The van der Waals surface area contributed by atoms with Crippen LogP contribution in [0, 0.1) is 35.8 Å². The number of rotatable bonds is 6. The Morgan fingerprint density at radius 1 is 0.491 bits per heavy atom. The van der Waals surface area contributed by atoms with Gasteiger partial charge in [0.15, 0.2) is 0 Å². The summed E-state index contributed by atoms with van der Waals surface area (Å²) in [6, 6.07) is 38.9. The van der Waals surface area contributed by atoms with Crippen molar-refractivity contribution in [2.24, 2.45) is 0 Å². The van der Waals surface area contributed by atoms with Crippen LogP contribution >= 0.6 is 0 Å². The number of carbonyl (C=O) groups is 2. The SMILES string of the molecule is [C-]#[N+]C(C#N)=C1c2ccccc2-c2c(C(=O)Oc3ccc(S(=O)(=O)c4ccc(OC(=O)c5cccc6c5-c5ccccc5C6=C(C#N)[N+]#[C-])cc4)cc3)cccc21. The van der Waals surface area contributed by atoms with E-state index < -0.39 is 21.8 Å². The molecule has 6 aromatic rings. The van der Waals surface area contributed by atoms with Gasteiger partial charge in [0.2, 0.25) is 9.84 Å². The highest BCUT2D eigenvalue weighted by molar-refractivity contribution is 7.91. The van der Waals surface area contributed by atoms with E-state index in [4.69, 9.17) is 22.6 Å². The summed E-state index contributed by atoms with van der Waals surface area (Å²) in [6.45, 7) is 15.0. The fourth-order valence-corrected chi connectivity index (χ4v) is 8.45. The van der Waals surface area contributed by atoms with Gasteiger partial charge in [-0.1, -0.05) is 72.8 Å². The van der Waals surface area contributed by atoms with Crippen molar-refractivity contribution in [3.05, 3.63) is 201 Å². The molecular formula is C46H22N4O6S. The average molecular weight is 759 g/mol. The molecule has 0 radical (unpaired) electrons. The van der Waals surface area contributed by atoms with Crippen molar-refractivity contribution in [3.8, 4) is 45.9 Å². The lowest BCUT2D eigenvalue weighted by Gasteiger charge is -2.11. The van der Waals surface area contributed by atoms with Crippen molar-refractivity contribution in [2.45, 2.75) is 9.79 Å². The first-order chi connectivity index (χ1) is 27.7. The minimum atomic E-state index is -4.05. The molecule has 0 saturated heterocycles. The zero-order valence-electron chi connectivity index (χ0n) is 29.3. The second-order valence-corrected chi connectivity index (χ2v) is 14.6. The van der Waals surface area contributed by atoms with Crippen molar-refractivity contribution in [3.63, 3.8) is 0 Å². The van der Waals surface area contributed by atoms with Gasteiger partial charge in [0.1, 0.15) is 11.5 Å². The molecule has 268 valence electrons. The lowest BCUT2D eigenvalue weighted by Crippen LogP contribution is -2.11. The minimum absolute atomic E-state index is 0.0712. The first kappa shape index (κ1) is 35.7. The van der Waals surface area contributed by atoms with Gasteiger partial charge in [-0.2, -0.15) is 0 Å². The predicted molar refractivity (Wildman–Crippen MR) is 208 cm³/mol. The number of ether oxygens (including phenoxy) is 2. The van der Waals surface area contributed by atoms with Crippen molar-refractivity contribution in [1.29, 1.82) is 10.5 Å². The molecule has 57 heavy (non-hydrogen) atoms. The van der Waals surface area contributed by atoms with Crippen LogP contribution in [-0.2, 0) is 9.84 Å². The van der Waals surface area contributed by atoms with Gasteiger partial charge in [-0.3, -0.25) is 0 Å². The number of sulfone groups is 1. The van der Waals surface area contributed by atoms with Crippen molar-refractivity contribution in [1.82, 2.24) is 0 Å². The van der Waals surface area contributed by atoms with Crippen molar-refractivity contribution < 1.29 is 27.5 Å². The molecule has 0 fully saturated rings. The Morgan fingerprint density at radius 2 is 0.842 bits per heavy atom. The largest absolute Gasteiger partial charge is 0.423 e. The van der Waals surface area contributed by atoms with E-state index in [1.807, 2.05) is 12.1 Å². The molecule has 8 rings (SSSR count). The second kappa shape index (κ2) is 14.1. The number of hydrogen-bond donors (Lipinski definition) is 0. The molecule has 0 heterocycles. The third-order valence-corrected chi connectivity index (χ3v) is 11.4. The van der Waals surface area contributed by atoms with Crippen LogP contribution in [0.25, 0.3) is 43.1 Å². The normalized spacial score (nSPS) is 13.5. The van der Waals surface area contributed by atoms with Gasteiger partial charge in [-0.25, -0.2) is 38.2 Å². The van der Waals surface area contributed by atoms with Gasteiger partial charge < -0.3 is 9.47 Å². The van der Waals surface area contributed by atoms with Crippen molar-refractivity contribution in [2.75, 3.05) is 0 Å². The van der Waals surface area contributed by atoms with Crippen LogP contribution in [-0.4, -0.2) is 20.4 Å². The van der Waals surface area contributed by atoms with E-state index in [0.717, 1.165) is 0 Å². The molecule has 0 N–H and O–H groups in total. The van der Waals surface area contributed by atoms with Crippen LogP contribution in [0.2, 0.25) is 0 Å². The molecule has 0 saturated carbocycles. The van der Waals surface area contributed by atoms with Gasteiger partial charge in [0, 0.05) is 22.3 Å². The maximum Gasteiger partial charge on any atom is 0.344 e. The van der Waals surface area contributed by atoms with E-state index in [-0.39, 0.29) is 43.8 Å². The maximum absolute atomic E-state index is 13.6. The van der Waals surface area contributed by atoms with Crippen LogP contribution in [0.3, 0.4) is 0 Å².